The normalized spacial score (nSPS) is 10.5. The fourth-order valence-corrected chi connectivity index (χ4v) is 2.36. The number of pyridine rings is 1. The first-order valence-electron chi connectivity index (χ1n) is 6.79. The Morgan fingerprint density at radius 1 is 1.22 bits per heavy atom. The second-order valence-electron chi connectivity index (χ2n) is 4.83. The predicted octanol–water partition coefficient (Wildman–Crippen LogP) is 3.50. The van der Waals surface area contributed by atoms with Crippen molar-refractivity contribution >= 4 is 40.1 Å². The third-order valence-electron chi connectivity index (χ3n) is 3.30. The first-order valence-corrected chi connectivity index (χ1v) is 7.17. The number of carbonyl (C=O) groups is 2. The molecule has 5 nitrogen and oxygen atoms in total. The lowest BCUT2D eigenvalue weighted by molar-refractivity contribution is -0.111. The maximum absolute atomic E-state index is 12.6. The Bertz CT molecular complexity index is 913. The summed E-state index contributed by atoms with van der Waals surface area (Å²) < 4.78 is 1.46. The molecule has 6 heteroatoms. The standard InChI is InChI=1S/C17H12ClN3O2/c1-2-15(22)20-14-5-3-11(4-6-14)17(23)21-8-7-12-9-13(18)10-19-16(12)21/h2-10H,1H2,(H,20,22). The third kappa shape index (κ3) is 3.00. The van der Waals surface area contributed by atoms with E-state index in [-0.39, 0.29) is 11.8 Å². The molecule has 2 heterocycles. The van der Waals surface area contributed by atoms with E-state index >= 15 is 0 Å². The van der Waals surface area contributed by atoms with Crippen molar-refractivity contribution in [2.45, 2.75) is 0 Å². The summed E-state index contributed by atoms with van der Waals surface area (Å²) in [5.41, 5.74) is 1.62. The predicted molar refractivity (Wildman–Crippen MR) is 89.7 cm³/mol. The number of halogens is 1. The molecule has 0 aliphatic rings. The first-order chi connectivity index (χ1) is 11.1. The summed E-state index contributed by atoms with van der Waals surface area (Å²) in [5.74, 6) is -0.516. The van der Waals surface area contributed by atoms with Crippen molar-refractivity contribution in [3.05, 3.63) is 72.0 Å². The van der Waals surface area contributed by atoms with Crippen molar-refractivity contribution < 1.29 is 9.59 Å². The molecule has 1 N–H and O–H groups in total. The highest BCUT2D eigenvalue weighted by molar-refractivity contribution is 6.31. The summed E-state index contributed by atoms with van der Waals surface area (Å²) in [4.78, 5) is 28.0. The summed E-state index contributed by atoms with van der Waals surface area (Å²) in [6.07, 6.45) is 4.34. The molecule has 2 aromatic heterocycles. The van der Waals surface area contributed by atoms with Gasteiger partial charge >= 0.3 is 0 Å². The Balaban J connectivity index is 1.90. The van der Waals surface area contributed by atoms with Gasteiger partial charge in [-0.1, -0.05) is 18.2 Å². The zero-order valence-electron chi connectivity index (χ0n) is 12.0. The largest absolute Gasteiger partial charge is 0.323 e. The van der Waals surface area contributed by atoms with Crippen LogP contribution in [0.2, 0.25) is 5.02 Å². The van der Waals surface area contributed by atoms with Gasteiger partial charge < -0.3 is 5.32 Å². The molecule has 1 aromatic carbocycles. The number of aromatic nitrogens is 2. The second-order valence-corrected chi connectivity index (χ2v) is 5.26. The zero-order valence-corrected chi connectivity index (χ0v) is 12.7. The molecule has 0 bridgehead atoms. The average Bonchev–Trinajstić information content (AvgIpc) is 2.97. The van der Waals surface area contributed by atoms with E-state index in [4.69, 9.17) is 11.6 Å². The maximum Gasteiger partial charge on any atom is 0.263 e. The second kappa shape index (κ2) is 6.06. The van der Waals surface area contributed by atoms with Crippen LogP contribution in [0.4, 0.5) is 5.69 Å². The summed E-state index contributed by atoms with van der Waals surface area (Å²) in [6.45, 7) is 3.39. The SMILES string of the molecule is C=CC(=O)Nc1ccc(C(=O)n2ccc3cc(Cl)cnc32)cc1. The third-order valence-corrected chi connectivity index (χ3v) is 3.50. The van der Waals surface area contributed by atoms with Crippen molar-refractivity contribution in [3.63, 3.8) is 0 Å². The molecule has 0 unspecified atom stereocenters. The number of nitrogens with one attached hydrogen (secondary N) is 1. The van der Waals surface area contributed by atoms with Gasteiger partial charge in [0, 0.05) is 29.0 Å². The number of carbonyl (C=O) groups excluding carboxylic acids is 2. The molecule has 0 saturated carbocycles. The van der Waals surface area contributed by atoms with Gasteiger partial charge in [-0.15, -0.1) is 0 Å². The van der Waals surface area contributed by atoms with Crippen LogP contribution in [0.5, 0.6) is 0 Å². The van der Waals surface area contributed by atoms with Crippen molar-refractivity contribution in [1.82, 2.24) is 9.55 Å². The number of hydrogen-bond acceptors (Lipinski definition) is 3. The number of fused-ring (bicyclic) bond motifs is 1. The van der Waals surface area contributed by atoms with Crippen LogP contribution in [0.25, 0.3) is 11.0 Å². The van der Waals surface area contributed by atoms with E-state index in [1.54, 1.807) is 42.6 Å². The summed E-state index contributed by atoms with van der Waals surface area (Å²) in [7, 11) is 0. The topological polar surface area (TPSA) is 64.0 Å². The Hall–Kier alpha value is -2.92. The van der Waals surface area contributed by atoms with E-state index in [0.29, 0.717) is 21.9 Å². The molecule has 23 heavy (non-hydrogen) atoms. The van der Waals surface area contributed by atoms with Crippen LogP contribution in [-0.2, 0) is 4.79 Å². The van der Waals surface area contributed by atoms with Crippen LogP contribution >= 0.6 is 11.6 Å². The van der Waals surface area contributed by atoms with E-state index in [2.05, 4.69) is 16.9 Å². The van der Waals surface area contributed by atoms with Gasteiger partial charge in [0.15, 0.2) is 0 Å². The van der Waals surface area contributed by atoms with Gasteiger partial charge in [0.2, 0.25) is 5.91 Å². The summed E-state index contributed by atoms with van der Waals surface area (Å²) in [5, 5.41) is 3.94. The lowest BCUT2D eigenvalue weighted by Crippen LogP contribution is -2.12. The van der Waals surface area contributed by atoms with Crippen LogP contribution in [0.3, 0.4) is 0 Å². The number of rotatable bonds is 3. The Morgan fingerprint density at radius 3 is 2.65 bits per heavy atom. The first kappa shape index (κ1) is 15.0. The van der Waals surface area contributed by atoms with E-state index < -0.39 is 0 Å². The van der Waals surface area contributed by atoms with Gasteiger partial charge in [0.05, 0.1) is 5.02 Å². The average molecular weight is 326 g/mol. The van der Waals surface area contributed by atoms with Crippen molar-refractivity contribution in [2.24, 2.45) is 0 Å². The van der Waals surface area contributed by atoms with Gasteiger partial charge in [-0.2, -0.15) is 0 Å². The van der Waals surface area contributed by atoms with Gasteiger partial charge in [-0.3, -0.25) is 14.2 Å². The quantitative estimate of drug-likeness (QED) is 0.749. The van der Waals surface area contributed by atoms with Crippen molar-refractivity contribution in [3.8, 4) is 0 Å². The van der Waals surface area contributed by atoms with Gasteiger partial charge in [0.1, 0.15) is 5.65 Å². The molecule has 0 radical (unpaired) electrons. The van der Waals surface area contributed by atoms with Crippen LogP contribution < -0.4 is 5.32 Å². The van der Waals surface area contributed by atoms with E-state index in [1.807, 2.05) is 0 Å². The highest BCUT2D eigenvalue weighted by Gasteiger charge is 2.12. The highest BCUT2D eigenvalue weighted by Crippen LogP contribution is 2.19. The smallest absolute Gasteiger partial charge is 0.263 e. The molecule has 1 amide bonds. The lowest BCUT2D eigenvalue weighted by atomic mass is 10.2. The Kier molecular flexibility index (Phi) is 3.95. The molecule has 0 spiro atoms. The summed E-state index contributed by atoms with van der Waals surface area (Å²) in [6, 6.07) is 10.1. The minimum Gasteiger partial charge on any atom is -0.323 e. The molecule has 0 aliphatic heterocycles. The summed E-state index contributed by atoms with van der Waals surface area (Å²) >= 11 is 5.90. The van der Waals surface area contributed by atoms with Crippen molar-refractivity contribution in [2.75, 3.05) is 5.32 Å². The number of hydrogen-bond donors (Lipinski definition) is 1. The number of anilines is 1. The molecule has 114 valence electrons. The number of amides is 1. The van der Waals surface area contributed by atoms with Gasteiger partial charge in [-0.05, 0) is 42.5 Å². The van der Waals surface area contributed by atoms with E-state index in [0.717, 1.165) is 5.39 Å². The fraction of sp³-hybridized carbons (Fsp3) is 0. The zero-order chi connectivity index (χ0) is 16.4. The molecule has 0 aliphatic carbocycles. The van der Waals surface area contributed by atoms with Crippen LogP contribution in [-0.4, -0.2) is 21.4 Å². The molecule has 0 saturated heterocycles. The van der Waals surface area contributed by atoms with Gasteiger partial charge in [-0.25, -0.2) is 4.98 Å². The lowest BCUT2D eigenvalue weighted by Gasteiger charge is -2.06. The van der Waals surface area contributed by atoms with E-state index in [9.17, 15) is 9.59 Å². The monoisotopic (exact) mass is 325 g/mol. The van der Waals surface area contributed by atoms with Gasteiger partial charge in [0.25, 0.3) is 5.91 Å². The molecule has 3 aromatic rings. The molecule has 0 atom stereocenters. The van der Waals surface area contributed by atoms with Crippen LogP contribution in [0, 0.1) is 0 Å². The minimum atomic E-state index is -0.304. The number of benzene rings is 1. The maximum atomic E-state index is 12.6. The molecule has 3 rings (SSSR count). The minimum absolute atomic E-state index is 0.212. The fourth-order valence-electron chi connectivity index (χ4n) is 2.19. The van der Waals surface area contributed by atoms with E-state index in [1.165, 1.54) is 16.8 Å². The molecular weight excluding hydrogens is 314 g/mol. The molecule has 0 fully saturated rings. The van der Waals surface area contributed by atoms with Crippen molar-refractivity contribution in [1.29, 1.82) is 0 Å². The van der Waals surface area contributed by atoms with Crippen LogP contribution in [0.15, 0.2) is 61.4 Å². The highest BCUT2D eigenvalue weighted by atomic mass is 35.5. The molecular formula is C17H12ClN3O2. The van der Waals surface area contributed by atoms with Crippen LogP contribution in [0.1, 0.15) is 10.4 Å². The Labute approximate surface area is 137 Å². The number of nitrogens with zero attached hydrogens (tertiary/aromatic N) is 2. The Morgan fingerprint density at radius 2 is 1.96 bits per heavy atom.